The molecule has 3 rings (SSSR count). The van der Waals surface area contributed by atoms with Crippen molar-refractivity contribution in [3.63, 3.8) is 0 Å². The third-order valence-electron chi connectivity index (χ3n) is 6.02. The minimum atomic E-state index is -4.20. The smallest absolute Gasteiger partial charge is 0.264 e. The Kier molecular flexibility index (Phi) is 10.7. The maximum absolute atomic E-state index is 14.0. The monoisotopic (exact) mass is 589 g/mol. The van der Waals surface area contributed by atoms with E-state index in [1.807, 2.05) is 6.26 Å². The van der Waals surface area contributed by atoms with Crippen molar-refractivity contribution in [1.82, 2.24) is 10.2 Å². The molecule has 1 N–H and O–H groups in total. The Balaban J connectivity index is 2.09. The second-order valence-corrected chi connectivity index (χ2v) is 11.7. The van der Waals surface area contributed by atoms with Crippen LogP contribution in [-0.2, 0) is 26.2 Å². The van der Waals surface area contributed by atoms with E-state index in [4.69, 9.17) is 16.3 Å². The zero-order valence-electron chi connectivity index (χ0n) is 22.3. The fourth-order valence-corrected chi connectivity index (χ4v) is 6.00. The molecular weight excluding hydrogens is 558 g/mol. The quantitative estimate of drug-likeness (QED) is 0.304. The molecule has 2 amide bonds. The van der Waals surface area contributed by atoms with Gasteiger partial charge in [-0.15, -0.1) is 11.8 Å². The molecular formula is C28H32ClN3O5S2. The van der Waals surface area contributed by atoms with E-state index in [1.54, 1.807) is 74.5 Å². The van der Waals surface area contributed by atoms with Crippen LogP contribution in [0.15, 0.2) is 82.6 Å². The summed E-state index contributed by atoms with van der Waals surface area (Å²) in [6.07, 6.45) is 1.90. The number of benzene rings is 3. The van der Waals surface area contributed by atoms with E-state index < -0.39 is 28.5 Å². The van der Waals surface area contributed by atoms with E-state index >= 15 is 0 Å². The molecule has 0 aromatic heterocycles. The first-order valence-corrected chi connectivity index (χ1v) is 15.3. The van der Waals surface area contributed by atoms with Gasteiger partial charge in [0.25, 0.3) is 10.0 Å². The number of amides is 2. The number of likely N-dealkylation sites (N-methyl/N-ethyl adjacent to an activating group) is 1. The summed E-state index contributed by atoms with van der Waals surface area (Å²) in [6.45, 7) is 3.18. The molecule has 39 heavy (non-hydrogen) atoms. The molecule has 8 nitrogen and oxygen atoms in total. The standard InChI is InChI=1S/C28H32ClN3O5S2/c1-5-37-26-12-7-6-11-25(26)32(39(35,36)24-15-13-23(38-4)14-16-24)19-27(33)31(20(2)28(34)30-3)18-21-9-8-10-22(29)17-21/h6-17,20H,5,18-19H2,1-4H3,(H,30,34)/t20-/m0/s1. The van der Waals surface area contributed by atoms with Gasteiger partial charge in [0.2, 0.25) is 11.8 Å². The number of carbonyl (C=O) groups excluding carboxylic acids is 2. The first-order valence-electron chi connectivity index (χ1n) is 12.3. The number of ether oxygens (including phenoxy) is 1. The molecule has 0 unspecified atom stereocenters. The van der Waals surface area contributed by atoms with Gasteiger partial charge in [-0.05, 0) is 74.2 Å². The fraction of sp³-hybridized carbons (Fsp3) is 0.286. The zero-order valence-corrected chi connectivity index (χ0v) is 24.6. The summed E-state index contributed by atoms with van der Waals surface area (Å²) in [7, 11) is -2.72. The van der Waals surface area contributed by atoms with Gasteiger partial charge in [0.05, 0.1) is 17.2 Å². The topological polar surface area (TPSA) is 96.0 Å². The number of nitrogens with one attached hydrogen (secondary N) is 1. The van der Waals surface area contributed by atoms with Crippen LogP contribution >= 0.6 is 23.4 Å². The van der Waals surface area contributed by atoms with E-state index in [-0.39, 0.29) is 23.0 Å². The first kappa shape index (κ1) is 30.3. The number of thioether (sulfide) groups is 1. The molecule has 0 aliphatic carbocycles. The molecule has 0 saturated heterocycles. The predicted molar refractivity (Wildman–Crippen MR) is 156 cm³/mol. The average Bonchev–Trinajstić information content (AvgIpc) is 2.94. The highest BCUT2D eigenvalue weighted by Gasteiger charge is 2.33. The van der Waals surface area contributed by atoms with Gasteiger partial charge in [0.1, 0.15) is 18.3 Å². The van der Waals surface area contributed by atoms with Crippen LogP contribution in [0, 0.1) is 0 Å². The Labute approximate surface area is 239 Å². The molecule has 0 heterocycles. The van der Waals surface area contributed by atoms with Crippen LogP contribution in [0.5, 0.6) is 5.75 Å². The van der Waals surface area contributed by atoms with Crippen molar-refractivity contribution in [3.05, 3.63) is 83.4 Å². The molecule has 11 heteroatoms. The molecule has 0 fully saturated rings. The number of nitrogens with zero attached hydrogens (tertiary/aromatic N) is 2. The lowest BCUT2D eigenvalue weighted by Gasteiger charge is -2.32. The van der Waals surface area contributed by atoms with Crippen molar-refractivity contribution >= 4 is 50.9 Å². The van der Waals surface area contributed by atoms with Gasteiger partial charge in [-0.2, -0.15) is 0 Å². The predicted octanol–water partition coefficient (Wildman–Crippen LogP) is 4.82. The number of carbonyl (C=O) groups is 2. The molecule has 0 spiro atoms. The van der Waals surface area contributed by atoms with Crippen molar-refractivity contribution in [2.75, 3.05) is 30.8 Å². The number of hydrogen-bond donors (Lipinski definition) is 1. The Morgan fingerprint density at radius 1 is 1.05 bits per heavy atom. The van der Waals surface area contributed by atoms with Gasteiger partial charge in [-0.25, -0.2) is 8.42 Å². The maximum Gasteiger partial charge on any atom is 0.264 e. The van der Waals surface area contributed by atoms with Gasteiger partial charge in [0.15, 0.2) is 0 Å². The maximum atomic E-state index is 14.0. The summed E-state index contributed by atoms with van der Waals surface area (Å²) in [5.74, 6) is -0.637. The molecule has 1 atom stereocenters. The number of anilines is 1. The summed E-state index contributed by atoms with van der Waals surface area (Å²) in [4.78, 5) is 28.8. The van der Waals surface area contributed by atoms with E-state index in [0.29, 0.717) is 22.9 Å². The lowest BCUT2D eigenvalue weighted by molar-refractivity contribution is -0.139. The molecule has 0 bridgehead atoms. The molecule has 0 radical (unpaired) electrons. The van der Waals surface area contributed by atoms with Crippen molar-refractivity contribution < 1.29 is 22.7 Å². The van der Waals surface area contributed by atoms with Gasteiger partial charge in [-0.1, -0.05) is 35.9 Å². The molecule has 208 valence electrons. The van der Waals surface area contributed by atoms with Gasteiger partial charge >= 0.3 is 0 Å². The Bertz CT molecular complexity index is 1400. The van der Waals surface area contributed by atoms with Crippen LogP contribution in [-0.4, -0.2) is 57.6 Å². The normalized spacial score (nSPS) is 11.9. The van der Waals surface area contributed by atoms with E-state index in [0.717, 1.165) is 9.20 Å². The highest BCUT2D eigenvalue weighted by Crippen LogP contribution is 2.33. The van der Waals surface area contributed by atoms with E-state index in [9.17, 15) is 18.0 Å². The van der Waals surface area contributed by atoms with Gasteiger partial charge in [0, 0.05) is 23.5 Å². The minimum Gasteiger partial charge on any atom is -0.492 e. The summed E-state index contributed by atoms with van der Waals surface area (Å²) >= 11 is 7.64. The number of rotatable bonds is 12. The molecule has 0 aliphatic heterocycles. The Hall–Kier alpha value is -3.21. The van der Waals surface area contributed by atoms with E-state index in [1.165, 1.54) is 35.8 Å². The van der Waals surface area contributed by atoms with Crippen molar-refractivity contribution in [2.24, 2.45) is 0 Å². The molecule has 3 aromatic rings. The van der Waals surface area contributed by atoms with Gasteiger partial charge in [-0.3, -0.25) is 13.9 Å². The van der Waals surface area contributed by atoms with Crippen LogP contribution < -0.4 is 14.4 Å². The number of hydrogen-bond acceptors (Lipinski definition) is 6. The molecule has 3 aromatic carbocycles. The summed E-state index contributed by atoms with van der Waals surface area (Å²) < 4.78 is 34.8. The number of para-hydroxylation sites is 2. The zero-order chi connectivity index (χ0) is 28.6. The van der Waals surface area contributed by atoms with Crippen LogP contribution in [0.3, 0.4) is 0 Å². The molecule has 0 aliphatic rings. The summed E-state index contributed by atoms with van der Waals surface area (Å²) in [5, 5.41) is 3.04. The third-order valence-corrected chi connectivity index (χ3v) is 8.77. The summed E-state index contributed by atoms with van der Waals surface area (Å²) in [5.41, 5.74) is 0.917. The second kappa shape index (κ2) is 13.7. The van der Waals surface area contributed by atoms with Gasteiger partial charge < -0.3 is 15.0 Å². The molecule has 0 saturated carbocycles. The number of sulfonamides is 1. The Morgan fingerprint density at radius 2 is 1.74 bits per heavy atom. The fourth-order valence-electron chi connectivity index (χ4n) is 3.95. The first-order chi connectivity index (χ1) is 18.6. The SMILES string of the molecule is CCOc1ccccc1N(CC(=O)N(Cc1cccc(Cl)c1)[C@@H](C)C(=O)NC)S(=O)(=O)c1ccc(SC)cc1. The highest BCUT2D eigenvalue weighted by molar-refractivity contribution is 7.98. The summed E-state index contributed by atoms with van der Waals surface area (Å²) in [6, 6.07) is 19.2. The van der Waals surface area contributed by atoms with E-state index in [2.05, 4.69) is 5.32 Å². The highest BCUT2D eigenvalue weighted by atomic mass is 35.5. The average molecular weight is 590 g/mol. The van der Waals surface area contributed by atoms with Crippen LogP contribution in [0.2, 0.25) is 5.02 Å². The van der Waals surface area contributed by atoms with Crippen LogP contribution in [0.4, 0.5) is 5.69 Å². The van der Waals surface area contributed by atoms with Crippen molar-refractivity contribution in [1.29, 1.82) is 0 Å². The number of halogens is 1. The van der Waals surface area contributed by atoms with Crippen molar-refractivity contribution in [3.8, 4) is 5.75 Å². The van der Waals surface area contributed by atoms with Crippen molar-refractivity contribution in [2.45, 2.75) is 36.2 Å². The lowest BCUT2D eigenvalue weighted by atomic mass is 10.1. The van der Waals surface area contributed by atoms with Crippen LogP contribution in [0.1, 0.15) is 19.4 Å². The van der Waals surface area contributed by atoms with Crippen LogP contribution in [0.25, 0.3) is 0 Å². The Morgan fingerprint density at radius 3 is 2.36 bits per heavy atom. The second-order valence-electron chi connectivity index (χ2n) is 8.53. The third kappa shape index (κ3) is 7.46. The lowest BCUT2D eigenvalue weighted by Crippen LogP contribution is -2.50. The minimum absolute atomic E-state index is 0.0279. The largest absolute Gasteiger partial charge is 0.492 e.